The monoisotopic (exact) mass is 260 g/mol. The quantitative estimate of drug-likeness (QED) is 0.848. The van der Waals surface area contributed by atoms with Gasteiger partial charge in [0.2, 0.25) is 0 Å². The Morgan fingerprint density at radius 2 is 2.25 bits per heavy atom. The molecule has 2 nitrogen and oxygen atoms in total. The first-order chi connectivity index (χ1) is 7.60. The largest absolute Gasteiger partial charge is 0.329 e. The van der Waals surface area contributed by atoms with E-state index in [9.17, 15) is 0 Å². The molecule has 1 heterocycles. The maximum Gasteiger partial charge on any atom is 0.0564 e. The molecule has 0 fully saturated rings. The summed E-state index contributed by atoms with van der Waals surface area (Å²) in [6, 6.07) is 2.87. The molecule has 4 heteroatoms. The van der Waals surface area contributed by atoms with Gasteiger partial charge in [-0.3, -0.25) is 4.90 Å². The second kappa shape index (κ2) is 6.60. The van der Waals surface area contributed by atoms with Gasteiger partial charge in [0.1, 0.15) is 0 Å². The van der Waals surface area contributed by atoms with Crippen LogP contribution in [0.3, 0.4) is 0 Å². The zero-order chi connectivity index (χ0) is 12.1. The lowest BCUT2D eigenvalue weighted by atomic mass is 10.1. The van der Waals surface area contributed by atoms with E-state index in [2.05, 4.69) is 25.8 Å². The summed E-state index contributed by atoms with van der Waals surface area (Å²) in [6.07, 6.45) is 2.40. The van der Waals surface area contributed by atoms with Gasteiger partial charge in [0.15, 0.2) is 0 Å². The third kappa shape index (κ3) is 3.45. The van der Waals surface area contributed by atoms with Crippen molar-refractivity contribution in [1.82, 2.24) is 4.90 Å². The molecular formula is C12H21ClN2S. The van der Waals surface area contributed by atoms with E-state index in [1.807, 2.05) is 11.4 Å². The molecule has 16 heavy (non-hydrogen) atoms. The summed E-state index contributed by atoms with van der Waals surface area (Å²) in [5, 5.41) is 2.78. The first kappa shape index (κ1) is 14.0. The molecule has 0 aliphatic rings. The van der Waals surface area contributed by atoms with Crippen LogP contribution >= 0.6 is 22.9 Å². The van der Waals surface area contributed by atoms with E-state index in [1.165, 1.54) is 17.7 Å². The third-order valence-electron chi connectivity index (χ3n) is 3.03. The fourth-order valence-electron chi connectivity index (χ4n) is 1.91. The van der Waals surface area contributed by atoms with E-state index in [0.29, 0.717) is 18.6 Å². The molecule has 0 amide bonds. The van der Waals surface area contributed by atoms with Gasteiger partial charge >= 0.3 is 0 Å². The molecule has 1 aromatic rings. The van der Waals surface area contributed by atoms with E-state index in [-0.39, 0.29) is 0 Å². The highest BCUT2D eigenvalue weighted by molar-refractivity contribution is 7.10. The number of thiophene rings is 1. The number of halogens is 1. The van der Waals surface area contributed by atoms with Crippen molar-refractivity contribution in [3.05, 3.63) is 21.3 Å². The van der Waals surface area contributed by atoms with Gasteiger partial charge in [0, 0.05) is 22.8 Å². The molecule has 0 saturated carbocycles. The first-order valence-electron chi connectivity index (χ1n) is 5.76. The van der Waals surface area contributed by atoms with Gasteiger partial charge in [0.25, 0.3) is 0 Å². The van der Waals surface area contributed by atoms with E-state index < -0.39 is 0 Å². The number of nitrogens with zero attached hydrogens (tertiary/aromatic N) is 1. The number of likely N-dealkylation sites (N-methyl/N-ethyl adjacent to an activating group) is 1. The van der Waals surface area contributed by atoms with Crippen molar-refractivity contribution >= 4 is 22.9 Å². The van der Waals surface area contributed by atoms with Gasteiger partial charge in [0.05, 0.1) is 11.1 Å². The smallest absolute Gasteiger partial charge is 0.0564 e. The van der Waals surface area contributed by atoms with Crippen molar-refractivity contribution in [2.24, 2.45) is 5.73 Å². The molecule has 2 N–H and O–H groups in total. The molecule has 2 unspecified atom stereocenters. The highest BCUT2D eigenvalue weighted by atomic mass is 35.5. The van der Waals surface area contributed by atoms with Crippen LogP contribution in [-0.2, 0) is 0 Å². The van der Waals surface area contributed by atoms with Gasteiger partial charge in [-0.2, -0.15) is 0 Å². The van der Waals surface area contributed by atoms with Crippen molar-refractivity contribution in [2.75, 3.05) is 13.6 Å². The number of hydrogen-bond acceptors (Lipinski definition) is 3. The molecule has 1 aromatic heterocycles. The van der Waals surface area contributed by atoms with E-state index >= 15 is 0 Å². The summed E-state index contributed by atoms with van der Waals surface area (Å²) >= 11 is 7.65. The Labute approximate surface area is 107 Å². The van der Waals surface area contributed by atoms with Gasteiger partial charge in [-0.1, -0.05) is 24.9 Å². The molecule has 0 aromatic carbocycles. The standard InChI is InChI=1S/C12H21ClN2S/c1-4-5-9(2)15(3)11(7-14)12-6-10(13)8-16-12/h6,8-9,11H,4-5,7,14H2,1-3H3. The number of nitrogens with two attached hydrogens (primary N) is 1. The first-order valence-corrected chi connectivity index (χ1v) is 7.01. The van der Waals surface area contributed by atoms with Gasteiger partial charge in [-0.15, -0.1) is 11.3 Å². The Kier molecular flexibility index (Phi) is 5.76. The van der Waals surface area contributed by atoms with Crippen LogP contribution in [-0.4, -0.2) is 24.5 Å². The van der Waals surface area contributed by atoms with Gasteiger partial charge in [-0.05, 0) is 26.5 Å². The maximum atomic E-state index is 5.96. The summed E-state index contributed by atoms with van der Waals surface area (Å²) in [6.45, 7) is 5.10. The molecule has 0 aliphatic heterocycles. The second-order valence-corrected chi connectivity index (χ2v) is 5.60. The SMILES string of the molecule is CCCC(C)N(C)C(CN)c1cc(Cl)cs1. The van der Waals surface area contributed by atoms with E-state index in [0.717, 1.165) is 5.02 Å². The lowest BCUT2D eigenvalue weighted by molar-refractivity contribution is 0.182. The molecule has 0 bridgehead atoms. The minimum Gasteiger partial charge on any atom is -0.329 e. The average molecular weight is 261 g/mol. The van der Waals surface area contributed by atoms with Crippen LogP contribution in [0.2, 0.25) is 5.02 Å². The summed E-state index contributed by atoms with van der Waals surface area (Å²) in [7, 11) is 2.14. The Morgan fingerprint density at radius 3 is 2.69 bits per heavy atom. The Morgan fingerprint density at radius 1 is 1.56 bits per heavy atom. The van der Waals surface area contributed by atoms with Crippen molar-refractivity contribution in [3.63, 3.8) is 0 Å². The van der Waals surface area contributed by atoms with Crippen LogP contribution in [0.1, 0.15) is 37.6 Å². The lowest BCUT2D eigenvalue weighted by Crippen LogP contribution is -2.36. The fourth-order valence-corrected chi connectivity index (χ4v) is 3.16. The van der Waals surface area contributed by atoms with Gasteiger partial charge < -0.3 is 5.73 Å². The summed E-state index contributed by atoms with van der Waals surface area (Å²) in [5.41, 5.74) is 5.87. The van der Waals surface area contributed by atoms with Crippen LogP contribution in [0.5, 0.6) is 0 Å². The molecule has 0 radical (unpaired) electrons. The van der Waals surface area contributed by atoms with Crippen LogP contribution < -0.4 is 5.73 Å². The van der Waals surface area contributed by atoms with Crippen LogP contribution in [0.15, 0.2) is 11.4 Å². The summed E-state index contributed by atoms with van der Waals surface area (Å²) < 4.78 is 0. The predicted molar refractivity (Wildman–Crippen MR) is 73.3 cm³/mol. The lowest BCUT2D eigenvalue weighted by Gasteiger charge is -2.31. The van der Waals surface area contributed by atoms with E-state index in [1.54, 1.807) is 11.3 Å². The average Bonchev–Trinajstić information content (AvgIpc) is 2.66. The Hall–Kier alpha value is -0.0900. The summed E-state index contributed by atoms with van der Waals surface area (Å²) in [5.74, 6) is 0. The van der Waals surface area contributed by atoms with Crippen LogP contribution in [0.25, 0.3) is 0 Å². The molecule has 0 aliphatic carbocycles. The number of rotatable bonds is 6. The zero-order valence-electron chi connectivity index (χ0n) is 10.2. The fraction of sp³-hybridized carbons (Fsp3) is 0.667. The molecule has 92 valence electrons. The minimum atomic E-state index is 0.291. The minimum absolute atomic E-state index is 0.291. The van der Waals surface area contributed by atoms with Crippen LogP contribution in [0, 0.1) is 0 Å². The van der Waals surface area contributed by atoms with Crippen molar-refractivity contribution < 1.29 is 0 Å². The Bertz CT molecular complexity index is 314. The topological polar surface area (TPSA) is 29.3 Å². The molecule has 0 saturated heterocycles. The zero-order valence-corrected chi connectivity index (χ0v) is 11.8. The van der Waals surface area contributed by atoms with Crippen molar-refractivity contribution in [3.8, 4) is 0 Å². The third-order valence-corrected chi connectivity index (χ3v) is 4.41. The van der Waals surface area contributed by atoms with E-state index in [4.69, 9.17) is 17.3 Å². The maximum absolute atomic E-state index is 5.96. The van der Waals surface area contributed by atoms with Crippen LogP contribution in [0.4, 0.5) is 0 Å². The molecule has 1 rings (SSSR count). The highest BCUT2D eigenvalue weighted by Crippen LogP contribution is 2.29. The van der Waals surface area contributed by atoms with Crippen molar-refractivity contribution in [2.45, 2.75) is 38.8 Å². The molecular weight excluding hydrogens is 240 g/mol. The predicted octanol–water partition coefficient (Wildman–Crippen LogP) is 3.52. The normalized spacial score (nSPS) is 15.4. The second-order valence-electron chi connectivity index (χ2n) is 4.22. The highest BCUT2D eigenvalue weighted by Gasteiger charge is 2.21. The number of hydrogen-bond donors (Lipinski definition) is 1. The summed E-state index contributed by atoms with van der Waals surface area (Å²) in [4.78, 5) is 3.61. The van der Waals surface area contributed by atoms with Crippen molar-refractivity contribution in [1.29, 1.82) is 0 Å². The molecule has 0 spiro atoms. The molecule has 2 atom stereocenters. The Balaban J connectivity index is 2.73. The van der Waals surface area contributed by atoms with Gasteiger partial charge in [-0.25, -0.2) is 0 Å².